The second-order valence-electron chi connectivity index (χ2n) is 8.06. The van der Waals surface area contributed by atoms with Crippen molar-refractivity contribution in [2.24, 2.45) is 17.4 Å². The first-order valence-corrected chi connectivity index (χ1v) is 11.5. The van der Waals surface area contributed by atoms with E-state index in [0.717, 1.165) is 12.8 Å². The number of hydrogen-bond acceptors (Lipinski definition) is 8. The molecule has 0 saturated carbocycles. The molecular weight excluding hydrogens is 416 g/mol. The topological polar surface area (TPSA) is 163 Å². The molecule has 0 fully saturated rings. The van der Waals surface area contributed by atoms with Crippen molar-refractivity contribution in [3.05, 3.63) is 0 Å². The fourth-order valence-corrected chi connectivity index (χ4v) is 2.91. The third kappa shape index (κ3) is 13.3. The highest BCUT2D eigenvalue weighted by Crippen LogP contribution is 2.11. The van der Waals surface area contributed by atoms with Gasteiger partial charge >= 0.3 is 11.9 Å². The number of amides is 2. The van der Waals surface area contributed by atoms with Gasteiger partial charge in [-0.1, -0.05) is 12.8 Å². The number of hydrogen-bond donors (Lipinski definition) is 4. The molecule has 32 heavy (non-hydrogen) atoms. The van der Waals surface area contributed by atoms with E-state index < -0.39 is 29.9 Å². The molecule has 0 aliphatic heterocycles. The predicted molar refractivity (Wildman–Crippen MR) is 121 cm³/mol. The third-order valence-corrected chi connectivity index (χ3v) is 4.77. The Hall–Kier alpha value is -2.20. The molecule has 0 aromatic carbocycles. The molecule has 0 saturated heterocycles. The van der Waals surface area contributed by atoms with Crippen LogP contribution in [0.25, 0.3) is 0 Å². The second kappa shape index (κ2) is 17.4. The van der Waals surface area contributed by atoms with Crippen LogP contribution in [0.2, 0.25) is 0 Å². The number of rotatable bonds is 17. The van der Waals surface area contributed by atoms with Gasteiger partial charge in [-0.3, -0.25) is 14.4 Å². The molecule has 3 unspecified atom stereocenters. The van der Waals surface area contributed by atoms with Crippen LogP contribution in [0.1, 0.15) is 72.6 Å². The Morgan fingerprint density at radius 1 is 0.938 bits per heavy atom. The summed E-state index contributed by atoms with van der Waals surface area (Å²) in [5.41, 5.74) is 11.3. The fraction of sp³-hybridized carbons (Fsp3) is 0.818. The Bertz CT molecular complexity index is 585. The highest BCUT2D eigenvalue weighted by atomic mass is 16.5. The Morgan fingerprint density at radius 2 is 1.62 bits per heavy atom. The van der Waals surface area contributed by atoms with E-state index in [1.807, 2.05) is 0 Å². The predicted octanol–water partition coefficient (Wildman–Crippen LogP) is 0.755. The lowest BCUT2D eigenvalue weighted by Gasteiger charge is -2.23. The summed E-state index contributed by atoms with van der Waals surface area (Å²) < 4.78 is 10.1. The van der Waals surface area contributed by atoms with Crippen LogP contribution in [0.5, 0.6) is 0 Å². The molecule has 0 rings (SSSR count). The molecule has 6 N–H and O–H groups in total. The van der Waals surface area contributed by atoms with E-state index in [1.165, 1.54) is 6.92 Å². The lowest BCUT2D eigenvalue weighted by molar-refractivity contribution is -0.160. The van der Waals surface area contributed by atoms with Crippen LogP contribution >= 0.6 is 0 Å². The van der Waals surface area contributed by atoms with Gasteiger partial charge in [0.15, 0.2) is 0 Å². The van der Waals surface area contributed by atoms with Gasteiger partial charge in [0.2, 0.25) is 11.8 Å². The van der Waals surface area contributed by atoms with Gasteiger partial charge in [-0.05, 0) is 59.9 Å². The van der Waals surface area contributed by atoms with Gasteiger partial charge < -0.3 is 31.6 Å². The molecule has 0 bridgehead atoms. The number of ether oxygens (including phenoxy) is 2. The minimum atomic E-state index is -1.10. The van der Waals surface area contributed by atoms with Gasteiger partial charge in [-0.2, -0.15) is 0 Å². The van der Waals surface area contributed by atoms with Gasteiger partial charge in [-0.25, -0.2) is 4.79 Å². The van der Waals surface area contributed by atoms with Gasteiger partial charge in [0.1, 0.15) is 6.04 Å². The number of carbonyl (C=O) groups is 4. The van der Waals surface area contributed by atoms with Crippen molar-refractivity contribution < 1.29 is 28.7 Å². The number of nitrogens with one attached hydrogen (secondary N) is 2. The smallest absolute Gasteiger partial charge is 0.329 e. The summed E-state index contributed by atoms with van der Waals surface area (Å²) in [6.07, 6.45) is 4.12. The average molecular weight is 459 g/mol. The molecule has 0 aromatic rings. The molecule has 0 heterocycles. The lowest BCUT2D eigenvalue weighted by atomic mass is 10.0. The molecule has 0 spiro atoms. The van der Waals surface area contributed by atoms with Gasteiger partial charge in [-0.15, -0.1) is 0 Å². The summed E-state index contributed by atoms with van der Waals surface area (Å²) in [6, 6.07) is -1.63. The summed E-state index contributed by atoms with van der Waals surface area (Å²) in [7, 11) is 0. The van der Waals surface area contributed by atoms with Crippen LogP contribution in [0.4, 0.5) is 0 Å². The summed E-state index contributed by atoms with van der Waals surface area (Å²) in [5, 5.41) is 5.39. The maximum absolute atomic E-state index is 12.3. The van der Waals surface area contributed by atoms with Crippen LogP contribution < -0.4 is 22.1 Å². The van der Waals surface area contributed by atoms with E-state index in [9.17, 15) is 19.2 Å². The van der Waals surface area contributed by atoms with Crippen molar-refractivity contribution >= 4 is 23.8 Å². The normalized spacial score (nSPS) is 13.7. The average Bonchev–Trinajstić information content (AvgIpc) is 2.73. The van der Waals surface area contributed by atoms with Gasteiger partial charge in [0.25, 0.3) is 0 Å². The first-order chi connectivity index (χ1) is 15.1. The van der Waals surface area contributed by atoms with E-state index in [4.69, 9.17) is 20.9 Å². The summed E-state index contributed by atoms with van der Waals surface area (Å²) >= 11 is 0. The zero-order chi connectivity index (χ0) is 24.5. The number of nitrogens with two attached hydrogens (primary N) is 2. The van der Waals surface area contributed by atoms with E-state index in [2.05, 4.69) is 10.6 Å². The molecular formula is C22H42N4O6. The fourth-order valence-electron chi connectivity index (χ4n) is 2.91. The maximum atomic E-state index is 12.3. The molecule has 0 radical (unpaired) electrons. The Kier molecular flexibility index (Phi) is 16.2. The van der Waals surface area contributed by atoms with Crippen LogP contribution in [0.3, 0.4) is 0 Å². The van der Waals surface area contributed by atoms with Crippen LogP contribution in [-0.2, 0) is 28.7 Å². The van der Waals surface area contributed by atoms with E-state index in [-0.39, 0.29) is 30.9 Å². The zero-order valence-electron chi connectivity index (χ0n) is 20.0. The molecule has 186 valence electrons. The molecule has 0 aliphatic rings. The van der Waals surface area contributed by atoms with Crippen molar-refractivity contribution in [2.45, 2.75) is 90.8 Å². The van der Waals surface area contributed by atoms with Crippen LogP contribution in [-0.4, -0.2) is 61.6 Å². The van der Waals surface area contributed by atoms with E-state index in [1.54, 1.807) is 20.8 Å². The molecule has 10 heteroatoms. The molecule has 0 aliphatic carbocycles. The van der Waals surface area contributed by atoms with Gasteiger partial charge in [0, 0.05) is 13.0 Å². The highest BCUT2D eigenvalue weighted by Gasteiger charge is 2.34. The summed E-state index contributed by atoms with van der Waals surface area (Å²) in [4.78, 5) is 48.6. The monoisotopic (exact) mass is 458 g/mol. The number of unbranched alkanes of at least 4 members (excludes halogenated alkanes) is 3. The summed E-state index contributed by atoms with van der Waals surface area (Å²) in [6.45, 7) is 7.80. The van der Waals surface area contributed by atoms with Crippen molar-refractivity contribution in [3.8, 4) is 0 Å². The quantitative estimate of drug-likeness (QED) is 0.183. The van der Waals surface area contributed by atoms with Gasteiger partial charge in [0.05, 0.1) is 24.7 Å². The first kappa shape index (κ1) is 29.8. The van der Waals surface area contributed by atoms with Crippen molar-refractivity contribution in [2.75, 3.05) is 19.7 Å². The molecule has 2 amide bonds. The number of carbonyl (C=O) groups excluding carboxylic acids is 4. The first-order valence-electron chi connectivity index (χ1n) is 11.5. The van der Waals surface area contributed by atoms with Crippen molar-refractivity contribution in [1.82, 2.24) is 10.6 Å². The lowest BCUT2D eigenvalue weighted by Crippen LogP contribution is -2.49. The van der Waals surface area contributed by atoms with Crippen molar-refractivity contribution in [1.29, 1.82) is 0 Å². The standard InChI is InChI=1S/C22H42N4O6/c1-5-31-22(30)19(16(4)21(29)32-15(2)3)26-18(27)12-7-6-10-14-25-20(28)17(24)11-8-9-13-23/h15-17,19H,5-14,23-24H2,1-4H3,(H,25,28)(H,26,27). The Labute approximate surface area is 191 Å². The third-order valence-electron chi connectivity index (χ3n) is 4.77. The second-order valence-corrected chi connectivity index (χ2v) is 8.06. The van der Waals surface area contributed by atoms with E-state index in [0.29, 0.717) is 38.8 Å². The minimum Gasteiger partial charge on any atom is -0.464 e. The Balaban J connectivity index is 4.34. The SMILES string of the molecule is CCOC(=O)C(NC(=O)CCCCCNC(=O)C(N)CCCCN)C(C)C(=O)OC(C)C. The molecule has 3 atom stereocenters. The van der Waals surface area contributed by atoms with Crippen molar-refractivity contribution in [3.63, 3.8) is 0 Å². The largest absolute Gasteiger partial charge is 0.464 e. The summed E-state index contributed by atoms with van der Waals surface area (Å²) in [5.74, 6) is -2.64. The zero-order valence-corrected chi connectivity index (χ0v) is 20.0. The molecule has 0 aromatic heterocycles. The number of esters is 2. The van der Waals surface area contributed by atoms with Crippen LogP contribution in [0, 0.1) is 5.92 Å². The molecule has 10 nitrogen and oxygen atoms in total. The minimum absolute atomic E-state index is 0.138. The Morgan fingerprint density at radius 3 is 2.22 bits per heavy atom. The highest BCUT2D eigenvalue weighted by molar-refractivity contribution is 5.89. The van der Waals surface area contributed by atoms with E-state index >= 15 is 0 Å². The maximum Gasteiger partial charge on any atom is 0.329 e. The van der Waals surface area contributed by atoms with Crippen LogP contribution in [0.15, 0.2) is 0 Å².